The summed E-state index contributed by atoms with van der Waals surface area (Å²) in [6.07, 6.45) is 0. The lowest BCUT2D eigenvalue weighted by molar-refractivity contribution is -0.114. The van der Waals surface area contributed by atoms with Gasteiger partial charge >= 0.3 is 0 Å². The average molecular weight is 458 g/mol. The number of rotatable bonds is 5. The van der Waals surface area contributed by atoms with Crippen molar-refractivity contribution in [2.75, 3.05) is 28.3 Å². The van der Waals surface area contributed by atoms with E-state index in [1.807, 2.05) is 48.2 Å². The zero-order valence-corrected chi connectivity index (χ0v) is 19.5. The van der Waals surface area contributed by atoms with Crippen LogP contribution in [-0.4, -0.2) is 48.8 Å². The van der Waals surface area contributed by atoms with Gasteiger partial charge in [0.1, 0.15) is 6.54 Å². The van der Waals surface area contributed by atoms with E-state index in [-0.39, 0.29) is 35.2 Å². The second-order valence-corrected chi connectivity index (χ2v) is 11.8. The van der Waals surface area contributed by atoms with Crippen molar-refractivity contribution < 1.29 is 13.2 Å². The van der Waals surface area contributed by atoms with E-state index >= 15 is 0 Å². The number of fused-ring (bicyclic) bond motifs is 1. The van der Waals surface area contributed by atoms with Crippen molar-refractivity contribution in [3.05, 3.63) is 59.7 Å². The van der Waals surface area contributed by atoms with E-state index < -0.39 is 9.84 Å². The van der Waals surface area contributed by atoms with Gasteiger partial charge in [0.2, 0.25) is 5.91 Å². The zero-order chi connectivity index (χ0) is 22.2. The number of nitrogens with one attached hydrogen (secondary N) is 1. The van der Waals surface area contributed by atoms with E-state index in [4.69, 9.17) is 4.99 Å². The Hall–Kier alpha value is -2.32. The molecule has 31 heavy (non-hydrogen) atoms. The number of thioether (sulfide) groups is 1. The quantitative estimate of drug-likeness (QED) is 0.738. The maximum atomic E-state index is 12.8. The van der Waals surface area contributed by atoms with E-state index in [1.54, 1.807) is 0 Å². The lowest BCUT2D eigenvalue weighted by Crippen LogP contribution is -2.36. The predicted octanol–water partition coefficient (Wildman–Crippen LogP) is 3.83. The molecular weight excluding hydrogens is 430 g/mol. The zero-order valence-electron chi connectivity index (χ0n) is 17.9. The van der Waals surface area contributed by atoms with Gasteiger partial charge in [0, 0.05) is 16.6 Å². The first kappa shape index (κ1) is 21.9. The molecule has 1 N–H and O–H groups in total. The van der Waals surface area contributed by atoms with Crippen LogP contribution in [0, 0.1) is 6.92 Å². The largest absolute Gasteiger partial charge is 0.325 e. The summed E-state index contributed by atoms with van der Waals surface area (Å²) in [7, 11) is -3.03. The Morgan fingerprint density at radius 1 is 1.13 bits per heavy atom. The Labute approximate surface area is 188 Å². The third-order valence-electron chi connectivity index (χ3n) is 5.54. The van der Waals surface area contributed by atoms with E-state index in [2.05, 4.69) is 31.3 Å². The van der Waals surface area contributed by atoms with Crippen molar-refractivity contribution in [2.45, 2.75) is 38.0 Å². The van der Waals surface area contributed by atoms with Gasteiger partial charge in [-0.25, -0.2) is 8.42 Å². The fourth-order valence-corrected chi connectivity index (χ4v) is 7.54. The summed E-state index contributed by atoms with van der Waals surface area (Å²) in [5.41, 5.74) is 3.96. The summed E-state index contributed by atoms with van der Waals surface area (Å²) < 4.78 is 23.9. The molecule has 164 valence electrons. The number of carbonyl (C=O) groups is 1. The molecule has 0 aliphatic carbocycles. The molecule has 2 atom stereocenters. The number of carbonyl (C=O) groups excluding carboxylic acids is 1. The van der Waals surface area contributed by atoms with Crippen LogP contribution < -0.4 is 10.2 Å². The summed E-state index contributed by atoms with van der Waals surface area (Å²) in [5.74, 6) is 0.495. The number of amides is 1. The number of hydrogen-bond acceptors (Lipinski definition) is 6. The predicted molar refractivity (Wildman–Crippen MR) is 129 cm³/mol. The molecule has 0 saturated carbocycles. The number of sulfone groups is 1. The van der Waals surface area contributed by atoms with Crippen molar-refractivity contribution in [2.24, 2.45) is 4.99 Å². The molecule has 2 aromatic rings. The topological polar surface area (TPSA) is 78.8 Å². The molecule has 2 aliphatic rings. The number of aliphatic imine (C=N–C) groups is 1. The normalized spacial score (nSPS) is 21.6. The van der Waals surface area contributed by atoms with E-state index in [1.165, 1.54) is 17.3 Å². The molecule has 0 spiro atoms. The Morgan fingerprint density at radius 3 is 2.42 bits per heavy atom. The fraction of sp³-hybridized carbons (Fsp3) is 0.391. The Kier molecular flexibility index (Phi) is 6.12. The highest BCUT2D eigenvalue weighted by atomic mass is 32.2. The number of amidine groups is 1. The molecule has 0 unspecified atom stereocenters. The van der Waals surface area contributed by atoms with Crippen LogP contribution in [0.1, 0.15) is 30.9 Å². The second-order valence-electron chi connectivity index (χ2n) is 8.46. The highest BCUT2D eigenvalue weighted by Crippen LogP contribution is 2.37. The van der Waals surface area contributed by atoms with E-state index in [9.17, 15) is 13.2 Å². The number of nitrogens with zero attached hydrogens (tertiary/aromatic N) is 2. The molecule has 6 nitrogen and oxygen atoms in total. The molecule has 1 amide bonds. The third kappa shape index (κ3) is 5.13. The Bertz CT molecular complexity index is 1090. The monoisotopic (exact) mass is 457 g/mol. The molecule has 4 rings (SSSR count). The van der Waals surface area contributed by atoms with Gasteiger partial charge in [0.25, 0.3) is 0 Å². The lowest BCUT2D eigenvalue weighted by atomic mass is 10.0. The second kappa shape index (κ2) is 8.67. The smallest absolute Gasteiger partial charge is 0.244 e. The molecule has 0 radical (unpaired) electrons. The van der Waals surface area contributed by atoms with Crippen LogP contribution in [-0.2, 0) is 14.6 Å². The maximum absolute atomic E-state index is 12.8. The summed E-state index contributed by atoms with van der Waals surface area (Å²) in [6, 6.07) is 15.6. The fourth-order valence-electron chi connectivity index (χ4n) is 3.76. The van der Waals surface area contributed by atoms with Crippen LogP contribution in [0.3, 0.4) is 0 Å². The summed E-state index contributed by atoms with van der Waals surface area (Å²) in [4.78, 5) is 19.4. The summed E-state index contributed by atoms with van der Waals surface area (Å²) >= 11 is 1.46. The van der Waals surface area contributed by atoms with Gasteiger partial charge in [-0.3, -0.25) is 9.79 Å². The molecular formula is C23H27N3O3S2. The molecule has 2 heterocycles. The van der Waals surface area contributed by atoms with E-state index in [0.717, 1.165) is 16.9 Å². The van der Waals surface area contributed by atoms with Crippen molar-refractivity contribution in [3.8, 4) is 0 Å². The molecule has 0 aromatic heterocycles. The Balaban J connectivity index is 1.57. The maximum Gasteiger partial charge on any atom is 0.244 e. The lowest BCUT2D eigenvalue weighted by Gasteiger charge is -2.24. The van der Waals surface area contributed by atoms with Crippen molar-refractivity contribution in [1.82, 2.24) is 0 Å². The number of benzene rings is 2. The van der Waals surface area contributed by atoms with Crippen LogP contribution in [0.5, 0.6) is 0 Å². The van der Waals surface area contributed by atoms with Gasteiger partial charge in [-0.15, -0.1) is 0 Å². The number of aryl methyl sites for hydroxylation is 1. The van der Waals surface area contributed by atoms with Gasteiger partial charge in [0.15, 0.2) is 15.0 Å². The first-order valence-electron chi connectivity index (χ1n) is 10.4. The van der Waals surface area contributed by atoms with E-state index in [0.29, 0.717) is 11.1 Å². The highest BCUT2D eigenvalue weighted by Gasteiger charge is 2.44. The van der Waals surface area contributed by atoms with Crippen LogP contribution >= 0.6 is 11.8 Å². The van der Waals surface area contributed by atoms with Crippen LogP contribution in [0.2, 0.25) is 0 Å². The molecule has 1 fully saturated rings. The summed E-state index contributed by atoms with van der Waals surface area (Å²) in [5, 5.41) is 3.58. The van der Waals surface area contributed by atoms with Gasteiger partial charge in [-0.05, 0) is 42.7 Å². The van der Waals surface area contributed by atoms with Gasteiger partial charge in [-0.2, -0.15) is 0 Å². The number of anilines is 2. The summed E-state index contributed by atoms with van der Waals surface area (Å²) in [6.45, 7) is 6.38. The molecule has 2 aliphatic heterocycles. The standard InChI is InChI=1S/C23H27N3O3S2/c1-15(2)17-6-10-19(11-7-17)26(12-22(27)24-18-8-4-16(3)5-9-18)23-25-20-13-31(28,29)14-21(20)30-23/h4-11,15,20-21H,12-14H2,1-3H3,(H,24,27)/t20-,21-/m0/s1. The first-order chi connectivity index (χ1) is 14.7. The van der Waals surface area contributed by atoms with Crippen molar-refractivity contribution in [3.63, 3.8) is 0 Å². The van der Waals surface area contributed by atoms with Crippen molar-refractivity contribution >= 4 is 44.0 Å². The molecule has 8 heteroatoms. The minimum atomic E-state index is -3.03. The van der Waals surface area contributed by atoms with Crippen LogP contribution in [0.15, 0.2) is 53.5 Å². The molecule has 0 bridgehead atoms. The number of hydrogen-bond donors (Lipinski definition) is 1. The first-order valence-corrected chi connectivity index (χ1v) is 13.1. The van der Waals surface area contributed by atoms with Crippen LogP contribution in [0.25, 0.3) is 0 Å². The van der Waals surface area contributed by atoms with Crippen LogP contribution in [0.4, 0.5) is 11.4 Å². The van der Waals surface area contributed by atoms with Gasteiger partial charge in [0.05, 0.1) is 17.5 Å². The third-order valence-corrected chi connectivity index (χ3v) is 8.79. The highest BCUT2D eigenvalue weighted by molar-refractivity contribution is 8.15. The minimum absolute atomic E-state index is 0.0717. The minimum Gasteiger partial charge on any atom is -0.325 e. The van der Waals surface area contributed by atoms with Crippen molar-refractivity contribution in [1.29, 1.82) is 0 Å². The SMILES string of the molecule is Cc1ccc(NC(=O)CN(C2=N[C@H]3CS(=O)(=O)C[C@@H]3S2)c2ccc(C(C)C)cc2)cc1. The molecule has 1 saturated heterocycles. The Morgan fingerprint density at radius 2 is 1.81 bits per heavy atom. The van der Waals surface area contributed by atoms with Gasteiger partial charge in [-0.1, -0.05) is 55.4 Å². The molecule has 2 aromatic carbocycles. The average Bonchev–Trinajstić information content (AvgIpc) is 3.21. The van der Waals surface area contributed by atoms with Gasteiger partial charge < -0.3 is 10.2 Å².